The summed E-state index contributed by atoms with van der Waals surface area (Å²) in [7, 11) is 0. The average Bonchev–Trinajstić information content (AvgIpc) is 2.90. The molecule has 2 rings (SSSR count). The maximum absolute atomic E-state index is 5.71. The van der Waals surface area contributed by atoms with E-state index in [1.54, 1.807) is 11.3 Å². The van der Waals surface area contributed by atoms with Crippen LogP contribution in [0.25, 0.3) is 0 Å². The highest BCUT2D eigenvalue weighted by molar-refractivity contribution is 7.11. The lowest BCUT2D eigenvalue weighted by molar-refractivity contribution is 0.0263. The van der Waals surface area contributed by atoms with E-state index in [0.717, 1.165) is 50.0 Å². The van der Waals surface area contributed by atoms with Crippen molar-refractivity contribution >= 4 is 17.3 Å². The van der Waals surface area contributed by atoms with Gasteiger partial charge in [-0.2, -0.15) is 0 Å². The van der Waals surface area contributed by atoms with Crippen molar-refractivity contribution < 1.29 is 4.74 Å². The van der Waals surface area contributed by atoms with Crippen molar-refractivity contribution in [2.45, 2.75) is 46.3 Å². The van der Waals surface area contributed by atoms with Crippen molar-refractivity contribution in [3.63, 3.8) is 0 Å². The number of rotatable bonds is 5. The van der Waals surface area contributed by atoms with Gasteiger partial charge in [0.2, 0.25) is 0 Å². The predicted octanol–water partition coefficient (Wildman–Crippen LogP) is 2.42. The Morgan fingerprint density at radius 3 is 2.81 bits per heavy atom. The van der Waals surface area contributed by atoms with Gasteiger partial charge in [-0.05, 0) is 33.6 Å². The minimum absolute atomic E-state index is 0.413. The monoisotopic (exact) mass is 310 g/mol. The molecule has 0 aromatic carbocycles. The first-order chi connectivity index (χ1) is 10.2. The number of ether oxygens (including phenoxy) is 1. The van der Waals surface area contributed by atoms with E-state index >= 15 is 0 Å². The van der Waals surface area contributed by atoms with Crippen LogP contribution >= 0.6 is 11.3 Å². The Kier molecular flexibility index (Phi) is 6.45. The molecular formula is C15H26N4OS. The molecule has 21 heavy (non-hydrogen) atoms. The molecule has 0 radical (unpaired) electrons. The number of thiazole rings is 1. The van der Waals surface area contributed by atoms with Gasteiger partial charge in [-0.15, -0.1) is 11.3 Å². The average molecular weight is 310 g/mol. The summed E-state index contributed by atoms with van der Waals surface area (Å²) in [5.74, 6) is 1.00. The van der Waals surface area contributed by atoms with E-state index in [-0.39, 0.29) is 0 Å². The van der Waals surface area contributed by atoms with Gasteiger partial charge in [-0.25, -0.2) is 9.98 Å². The molecule has 1 aliphatic heterocycles. The van der Waals surface area contributed by atoms with E-state index < -0.39 is 0 Å². The van der Waals surface area contributed by atoms with E-state index in [0.29, 0.717) is 12.6 Å². The molecule has 1 fully saturated rings. The van der Waals surface area contributed by atoms with Gasteiger partial charge >= 0.3 is 0 Å². The van der Waals surface area contributed by atoms with Crippen LogP contribution in [-0.4, -0.2) is 48.2 Å². The van der Waals surface area contributed by atoms with Gasteiger partial charge in [0.15, 0.2) is 5.96 Å². The minimum Gasteiger partial charge on any atom is -0.378 e. The highest BCUT2D eigenvalue weighted by Crippen LogP contribution is 2.15. The van der Waals surface area contributed by atoms with Crippen LogP contribution in [0, 0.1) is 6.92 Å². The normalized spacial score (nSPS) is 17.3. The predicted molar refractivity (Wildman–Crippen MR) is 87.9 cm³/mol. The van der Waals surface area contributed by atoms with Crippen molar-refractivity contribution in [3.8, 4) is 0 Å². The van der Waals surface area contributed by atoms with Crippen LogP contribution in [0.5, 0.6) is 0 Å². The second-order valence-electron chi connectivity index (χ2n) is 5.18. The molecule has 1 aliphatic rings. The molecule has 1 saturated heterocycles. The number of likely N-dealkylation sites (tertiary alicyclic amines) is 1. The number of hydrogen-bond acceptors (Lipinski definition) is 4. The Morgan fingerprint density at radius 1 is 1.48 bits per heavy atom. The van der Waals surface area contributed by atoms with E-state index in [1.807, 2.05) is 6.20 Å². The second kappa shape index (κ2) is 8.34. The summed E-state index contributed by atoms with van der Waals surface area (Å²) in [6.07, 6.45) is 4.48. The molecule has 1 aromatic rings. The Hall–Kier alpha value is -1.14. The molecule has 118 valence electrons. The second-order valence-corrected chi connectivity index (χ2v) is 6.50. The van der Waals surface area contributed by atoms with E-state index in [2.05, 4.69) is 36.0 Å². The summed E-state index contributed by atoms with van der Waals surface area (Å²) < 4.78 is 5.71. The number of aryl methyl sites for hydroxylation is 1. The molecule has 0 saturated carbocycles. The van der Waals surface area contributed by atoms with Crippen molar-refractivity contribution in [2.75, 3.05) is 26.2 Å². The number of hydrogen-bond donors (Lipinski definition) is 1. The zero-order valence-electron chi connectivity index (χ0n) is 13.3. The van der Waals surface area contributed by atoms with Gasteiger partial charge < -0.3 is 15.0 Å². The minimum atomic E-state index is 0.413. The highest BCUT2D eigenvalue weighted by atomic mass is 32.1. The molecule has 1 aromatic heterocycles. The lowest BCUT2D eigenvalue weighted by Gasteiger charge is -2.34. The first kappa shape index (κ1) is 16.2. The lowest BCUT2D eigenvalue weighted by Crippen LogP contribution is -2.47. The third kappa shape index (κ3) is 4.97. The number of guanidine groups is 1. The lowest BCUT2D eigenvalue weighted by atomic mass is 10.1. The molecule has 0 spiro atoms. The Morgan fingerprint density at radius 2 is 2.24 bits per heavy atom. The fourth-order valence-corrected chi connectivity index (χ4v) is 3.22. The number of nitrogens with one attached hydrogen (secondary N) is 1. The number of aromatic nitrogens is 1. The van der Waals surface area contributed by atoms with Crippen LogP contribution in [0.15, 0.2) is 11.2 Å². The maximum atomic E-state index is 5.71. The van der Waals surface area contributed by atoms with Crippen molar-refractivity contribution in [1.29, 1.82) is 0 Å². The summed E-state index contributed by atoms with van der Waals surface area (Å²) in [6, 6.07) is 0. The summed E-state index contributed by atoms with van der Waals surface area (Å²) in [5, 5.41) is 4.46. The van der Waals surface area contributed by atoms with Crippen LogP contribution in [0.3, 0.4) is 0 Å². The molecule has 5 nitrogen and oxygen atoms in total. The summed E-state index contributed by atoms with van der Waals surface area (Å²) in [5.41, 5.74) is 0. The van der Waals surface area contributed by atoms with E-state index in [4.69, 9.17) is 9.73 Å². The first-order valence-corrected chi connectivity index (χ1v) is 8.60. The van der Waals surface area contributed by atoms with Crippen LogP contribution in [0.1, 0.15) is 36.6 Å². The Bertz CT molecular complexity index is 452. The third-order valence-electron chi connectivity index (χ3n) is 3.51. The largest absolute Gasteiger partial charge is 0.378 e. The van der Waals surface area contributed by atoms with Gasteiger partial charge in [-0.3, -0.25) is 0 Å². The maximum Gasteiger partial charge on any atom is 0.194 e. The van der Waals surface area contributed by atoms with Crippen molar-refractivity contribution in [3.05, 3.63) is 16.1 Å². The molecule has 0 amide bonds. The Balaban J connectivity index is 1.92. The molecular weight excluding hydrogens is 284 g/mol. The standard InChI is InChI=1S/C15H26N4OS/c1-4-16-15(18-11-14-17-10-12(3)21-14)19-8-6-13(7-9-19)20-5-2/h10,13H,4-9,11H2,1-3H3,(H,16,18). The first-order valence-electron chi connectivity index (χ1n) is 7.79. The van der Waals surface area contributed by atoms with Gasteiger partial charge in [0.25, 0.3) is 0 Å². The zero-order valence-corrected chi connectivity index (χ0v) is 14.1. The fourth-order valence-electron chi connectivity index (χ4n) is 2.51. The van der Waals surface area contributed by atoms with E-state index in [9.17, 15) is 0 Å². The summed E-state index contributed by atoms with van der Waals surface area (Å²) >= 11 is 1.72. The number of nitrogens with zero attached hydrogens (tertiary/aromatic N) is 3. The molecule has 0 atom stereocenters. The fraction of sp³-hybridized carbons (Fsp3) is 0.733. The van der Waals surface area contributed by atoms with Crippen molar-refractivity contribution in [2.24, 2.45) is 4.99 Å². The van der Waals surface area contributed by atoms with Gasteiger partial charge in [0, 0.05) is 37.3 Å². The van der Waals surface area contributed by atoms with Crippen LogP contribution in [0.4, 0.5) is 0 Å². The molecule has 0 bridgehead atoms. The van der Waals surface area contributed by atoms with Crippen molar-refractivity contribution in [1.82, 2.24) is 15.2 Å². The topological polar surface area (TPSA) is 49.8 Å². The zero-order chi connectivity index (χ0) is 15.1. The molecule has 1 N–H and O–H groups in total. The van der Waals surface area contributed by atoms with Gasteiger partial charge in [0.05, 0.1) is 12.6 Å². The molecule has 0 aliphatic carbocycles. The highest BCUT2D eigenvalue weighted by Gasteiger charge is 2.21. The molecule has 6 heteroatoms. The van der Waals surface area contributed by atoms with Crippen LogP contribution in [0.2, 0.25) is 0 Å². The van der Waals surface area contributed by atoms with Gasteiger partial charge in [-0.1, -0.05) is 0 Å². The number of aliphatic imine (C=N–C) groups is 1. The Labute approximate surface area is 131 Å². The molecule has 0 unspecified atom stereocenters. The van der Waals surface area contributed by atoms with Gasteiger partial charge in [0.1, 0.15) is 5.01 Å². The SMILES string of the molecule is CCNC(=NCc1ncc(C)s1)N1CCC(OCC)CC1. The van der Waals surface area contributed by atoms with Crippen LogP contribution in [-0.2, 0) is 11.3 Å². The quantitative estimate of drug-likeness (QED) is 0.670. The summed E-state index contributed by atoms with van der Waals surface area (Å²) in [4.78, 5) is 12.7. The van der Waals surface area contributed by atoms with E-state index in [1.165, 1.54) is 4.88 Å². The third-order valence-corrected chi connectivity index (χ3v) is 4.41. The molecule has 2 heterocycles. The summed E-state index contributed by atoms with van der Waals surface area (Å²) in [6.45, 7) is 10.6. The number of piperidine rings is 1. The van der Waals surface area contributed by atoms with Crippen LogP contribution < -0.4 is 5.32 Å². The smallest absolute Gasteiger partial charge is 0.194 e.